The van der Waals surface area contributed by atoms with Gasteiger partial charge in [0.25, 0.3) is 0 Å². The van der Waals surface area contributed by atoms with E-state index in [-0.39, 0.29) is 0 Å². The molecular formula is C10H19N3O. The molecule has 4 nitrogen and oxygen atoms in total. The monoisotopic (exact) mass is 197 g/mol. The molecule has 1 aliphatic rings. The maximum absolute atomic E-state index is 8.82. The first kappa shape index (κ1) is 11.4. The first-order chi connectivity index (χ1) is 6.55. The first-order valence-corrected chi connectivity index (χ1v) is 5.07. The van der Waals surface area contributed by atoms with Crippen molar-refractivity contribution in [2.75, 3.05) is 26.3 Å². The van der Waals surface area contributed by atoms with Gasteiger partial charge in [-0.2, -0.15) is 5.26 Å². The fourth-order valence-electron chi connectivity index (χ4n) is 1.81. The molecule has 1 saturated heterocycles. The van der Waals surface area contributed by atoms with E-state index in [0.29, 0.717) is 12.5 Å². The Bertz CT molecular complexity index is 216. The van der Waals surface area contributed by atoms with Crippen LogP contribution in [0.25, 0.3) is 0 Å². The normalized spacial score (nSPS) is 25.0. The first-order valence-electron chi connectivity index (χ1n) is 5.07. The van der Waals surface area contributed by atoms with Crippen molar-refractivity contribution in [2.45, 2.75) is 31.8 Å². The Hall–Kier alpha value is -0.630. The third-order valence-electron chi connectivity index (χ3n) is 2.64. The minimum Gasteiger partial charge on any atom is -0.379 e. The molecule has 1 fully saturated rings. The Morgan fingerprint density at radius 3 is 2.64 bits per heavy atom. The summed E-state index contributed by atoms with van der Waals surface area (Å²) < 4.78 is 5.27. The van der Waals surface area contributed by atoms with Gasteiger partial charge < -0.3 is 10.5 Å². The number of hydrogen-bond donors (Lipinski definition) is 1. The molecule has 1 aliphatic heterocycles. The highest BCUT2D eigenvalue weighted by Gasteiger charge is 2.25. The zero-order valence-corrected chi connectivity index (χ0v) is 8.99. The molecule has 0 aliphatic carbocycles. The minimum absolute atomic E-state index is 0.355. The number of nitrogens with two attached hydrogens (primary N) is 1. The van der Waals surface area contributed by atoms with E-state index in [9.17, 15) is 0 Å². The number of nitriles is 1. The quantitative estimate of drug-likeness (QED) is 0.708. The zero-order chi connectivity index (χ0) is 10.6. The van der Waals surface area contributed by atoms with Crippen molar-refractivity contribution in [1.82, 2.24) is 4.90 Å². The molecule has 80 valence electrons. The largest absolute Gasteiger partial charge is 0.379 e. The van der Waals surface area contributed by atoms with Crippen molar-refractivity contribution in [3.8, 4) is 6.07 Å². The molecule has 14 heavy (non-hydrogen) atoms. The smallest absolute Gasteiger partial charge is 0.102 e. The number of morpholine rings is 1. The molecule has 1 rings (SSSR count). The molecule has 0 amide bonds. The van der Waals surface area contributed by atoms with E-state index >= 15 is 0 Å². The maximum Gasteiger partial charge on any atom is 0.102 e. The van der Waals surface area contributed by atoms with Gasteiger partial charge in [-0.05, 0) is 20.3 Å². The fraction of sp³-hybridized carbons (Fsp3) is 0.900. The van der Waals surface area contributed by atoms with Crippen molar-refractivity contribution >= 4 is 0 Å². The van der Waals surface area contributed by atoms with Crippen LogP contribution in [0.2, 0.25) is 0 Å². The second-order valence-electron chi connectivity index (χ2n) is 4.23. The Balaban J connectivity index is 2.41. The number of nitrogens with zero attached hydrogens (tertiary/aromatic N) is 2. The van der Waals surface area contributed by atoms with Crippen LogP contribution in [0, 0.1) is 11.3 Å². The summed E-state index contributed by atoms with van der Waals surface area (Å²) in [6, 6.07) is 2.49. The molecule has 0 spiro atoms. The molecule has 4 heteroatoms. The van der Waals surface area contributed by atoms with Gasteiger partial charge in [-0.3, -0.25) is 4.90 Å². The minimum atomic E-state index is -0.711. The summed E-state index contributed by atoms with van der Waals surface area (Å²) in [4.78, 5) is 2.33. The Kier molecular flexibility index (Phi) is 3.87. The summed E-state index contributed by atoms with van der Waals surface area (Å²) in [5, 5.41) is 8.82. The van der Waals surface area contributed by atoms with Crippen molar-refractivity contribution in [3.05, 3.63) is 0 Å². The molecule has 0 radical (unpaired) electrons. The van der Waals surface area contributed by atoms with Crippen molar-refractivity contribution in [2.24, 2.45) is 5.73 Å². The van der Waals surface area contributed by atoms with E-state index in [1.165, 1.54) is 0 Å². The van der Waals surface area contributed by atoms with E-state index < -0.39 is 5.54 Å². The summed E-state index contributed by atoms with van der Waals surface area (Å²) in [5.41, 5.74) is 5.09. The second kappa shape index (κ2) is 4.74. The summed E-state index contributed by atoms with van der Waals surface area (Å²) >= 11 is 0. The molecule has 2 N–H and O–H groups in total. The van der Waals surface area contributed by atoms with Crippen LogP contribution in [-0.2, 0) is 4.74 Å². The van der Waals surface area contributed by atoms with Crippen molar-refractivity contribution < 1.29 is 4.74 Å². The third-order valence-corrected chi connectivity index (χ3v) is 2.64. The molecule has 0 saturated carbocycles. The molecule has 0 aromatic heterocycles. The average molecular weight is 197 g/mol. The predicted molar refractivity (Wildman–Crippen MR) is 54.7 cm³/mol. The van der Waals surface area contributed by atoms with Gasteiger partial charge in [0.15, 0.2) is 0 Å². The van der Waals surface area contributed by atoms with Crippen LogP contribution in [0.5, 0.6) is 0 Å². The van der Waals surface area contributed by atoms with Gasteiger partial charge in [0.2, 0.25) is 0 Å². The average Bonchev–Trinajstić information content (AvgIpc) is 2.19. The van der Waals surface area contributed by atoms with E-state index in [0.717, 1.165) is 26.3 Å². The standard InChI is InChI=1S/C10H19N3O/c1-9(7-10(2,12)8-11)13-3-5-14-6-4-13/h9H,3-7,12H2,1-2H3. The SMILES string of the molecule is CC(CC(C)(N)C#N)N1CCOCC1. The Labute approximate surface area is 85.6 Å². The Morgan fingerprint density at radius 1 is 1.57 bits per heavy atom. The number of rotatable bonds is 3. The van der Waals surface area contributed by atoms with Gasteiger partial charge in [0, 0.05) is 19.1 Å². The van der Waals surface area contributed by atoms with Crippen LogP contribution >= 0.6 is 0 Å². The van der Waals surface area contributed by atoms with E-state index in [1.54, 1.807) is 6.92 Å². The molecule has 2 unspecified atom stereocenters. The summed E-state index contributed by atoms with van der Waals surface area (Å²) in [6.07, 6.45) is 0.712. The molecule has 2 atom stereocenters. The van der Waals surface area contributed by atoms with Crippen LogP contribution in [0.1, 0.15) is 20.3 Å². The molecule has 0 bridgehead atoms. The van der Waals surface area contributed by atoms with Crippen LogP contribution < -0.4 is 5.73 Å². The van der Waals surface area contributed by atoms with Gasteiger partial charge >= 0.3 is 0 Å². The Morgan fingerprint density at radius 2 is 2.14 bits per heavy atom. The lowest BCUT2D eigenvalue weighted by molar-refractivity contribution is 0.0162. The number of ether oxygens (including phenoxy) is 1. The zero-order valence-electron chi connectivity index (χ0n) is 8.99. The fourth-order valence-corrected chi connectivity index (χ4v) is 1.81. The van der Waals surface area contributed by atoms with Crippen LogP contribution in [0.4, 0.5) is 0 Å². The lowest BCUT2D eigenvalue weighted by Gasteiger charge is -2.34. The van der Waals surface area contributed by atoms with Gasteiger partial charge in [-0.1, -0.05) is 0 Å². The van der Waals surface area contributed by atoms with Gasteiger partial charge in [-0.25, -0.2) is 0 Å². The molecule has 0 aromatic carbocycles. The van der Waals surface area contributed by atoms with Crippen molar-refractivity contribution in [3.63, 3.8) is 0 Å². The molecule has 1 heterocycles. The number of hydrogen-bond acceptors (Lipinski definition) is 4. The molecular weight excluding hydrogens is 178 g/mol. The van der Waals surface area contributed by atoms with Gasteiger partial charge in [-0.15, -0.1) is 0 Å². The van der Waals surface area contributed by atoms with E-state index in [1.807, 2.05) is 0 Å². The van der Waals surface area contributed by atoms with Crippen molar-refractivity contribution in [1.29, 1.82) is 5.26 Å². The van der Waals surface area contributed by atoms with Gasteiger partial charge in [0.1, 0.15) is 5.54 Å². The highest BCUT2D eigenvalue weighted by atomic mass is 16.5. The van der Waals surface area contributed by atoms with Gasteiger partial charge in [0.05, 0.1) is 19.3 Å². The second-order valence-corrected chi connectivity index (χ2v) is 4.23. The van der Waals surface area contributed by atoms with E-state index in [4.69, 9.17) is 15.7 Å². The highest BCUT2D eigenvalue weighted by Crippen LogP contribution is 2.14. The highest BCUT2D eigenvalue weighted by molar-refractivity contribution is 5.02. The topological polar surface area (TPSA) is 62.3 Å². The lowest BCUT2D eigenvalue weighted by atomic mass is 9.96. The third kappa shape index (κ3) is 3.26. The van der Waals surface area contributed by atoms with Crippen LogP contribution in [0.3, 0.4) is 0 Å². The predicted octanol–water partition coefficient (Wildman–Crippen LogP) is 0.338. The van der Waals surface area contributed by atoms with E-state index in [2.05, 4.69) is 17.9 Å². The summed E-state index contributed by atoms with van der Waals surface area (Å²) in [7, 11) is 0. The lowest BCUT2D eigenvalue weighted by Crippen LogP contribution is -2.47. The molecule has 0 aromatic rings. The van der Waals surface area contributed by atoms with Crippen LogP contribution in [0.15, 0.2) is 0 Å². The summed E-state index contributed by atoms with van der Waals surface area (Å²) in [6.45, 7) is 7.37. The summed E-state index contributed by atoms with van der Waals surface area (Å²) in [5.74, 6) is 0. The maximum atomic E-state index is 8.82. The van der Waals surface area contributed by atoms with Crippen LogP contribution in [-0.4, -0.2) is 42.8 Å².